The van der Waals surface area contributed by atoms with Gasteiger partial charge in [0.15, 0.2) is 0 Å². The summed E-state index contributed by atoms with van der Waals surface area (Å²) in [6, 6.07) is 1.93. The van der Waals surface area contributed by atoms with E-state index in [9.17, 15) is 4.79 Å². The lowest BCUT2D eigenvalue weighted by Crippen LogP contribution is -2.52. The van der Waals surface area contributed by atoms with Crippen LogP contribution in [0.4, 0.5) is 0 Å². The molecule has 0 aliphatic carbocycles. The Kier molecular flexibility index (Phi) is 4.99. The summed E-state index contributed by atoms with van der Waals surface area (Å²) >= 11 is 0. The van der Waals surface area contributed by atoms with Crippen molar-refractivity contribution in [2.45, 2.75) is 32.0 Å². The first kappa shape index (κ1) is 16.4. The van der Waals surface area contributed by atoms with Gasteiger partial charge in [0.25, 0.3) is 0 Å². The van der Waals surface area contributed by atoms with Crippen molar-refractivity contribution >= 4 is 5.91 Å². The Morgan fingerprint density at radius 1 is 1.39 bits per heavy atom. The average molecular weight is 322 g/mol. The van der Waals surface area contributed by atoms with Gasteiger partial charge in [-0.25, -0.2) is 0 Å². The molecular formula is C16H26N4O3. The van der Waals surface area contributed by atoms with Gasteiger partial charge in [-0.15, -0.1) is 0 Å². The predicted octanol–water partition coefficient (Wildman–Crippen LogP) is 0.346. The van der Waals surface area contributed by atoms with E-state index in [0.29, 0.717) is 0 Å². The van der Waals surface area contributed by atoms with E-state index in [1.54, 1.807) is 7.11 Å². The molecule has 3 heterocycles. The summed E-state index contributed by atoms with van der Waals surface area (Å²) in [5.41, 5.74) is 0.959. The number of likely N-dealkylation sites (N-methyl/N-ethyl adjacent to an activating group) is 1. The largest absolute Gasteiger partial charge is 0.380 e. The lowest BCUT2D eigenvalue weighted by Gasteiger charge is -2.36. The summed E-state index contributed by atoms with van der Waals surface area (Å²) in [6.07, 6.45) is 0.968. The summed E-state index contributed by atoms with van der Waals surface area (Å²) in [5.74, 6) is 1.08. The Balaban J connectivity index is 1.49. The maximum atomic E-state index is 12.7. The molecule has 1 amide bonds. The molecule has 128 valence electrons. The highest BCUT2D eigenvalue weighted by Gasteiger charge is 2.37. The van der Waals surface area contributed by atoms with Gasteiger partial charge in [0, 0.05) is 52.4 Å². The molecule has 0 spiro atoms. The molecule has 0 saturated carbocycles. The number of hydrogen-bond donors (Lipinski definition) is 0. The van der Waals surface area contributed by atoms with Crippen molar-refractivity contribution in [2.75, 3.05) is 46.9 Å². The molecule has 0 bridgehead atoms. The molecular weight excluding hydrogens is 296 g/mol. The van der Waals surface area contributed by atoms with Gasteiger partial charge in [-0.3, -0.25) is 14.6 Å². The lowest BCUT2D eigenvalue weighted by atomic mass is 10.1. The molecule has 0 unspecified atom stereocenters. The molecule has 1 aromatic rings. The topological polar surface area (TPSA) is 62.1 Å². The highest BCUT2D eigenvalue weighted by molar-refractivity contribution is 5.82. The van der Waals surface area contributed by atoms with Crippen LogP contribution in [0.2, 0.25) is 0 Å². The van der Waals surface area contributed by atoms with E-state index >= 15 is 0 Å². The van der Waals surface area contributed by atoms with Crippen molar-refractivity contribution in [2.24, 2.45) is 0 Å². The maximum absolute atomic E-state index is 12.7. The minimum absolute atomic E-state index is 0.0373. The van der Waals surface area contributed by atoms with E-state index in [1.165, 1.54) is 0 Å². The van der Waals surface area contributed by atoms with Crippen LogP contribution < -0.4 is 0 Å². The van der Waals surface area contributed by atoms with Crippen molar-refractivity contribution in [3.05, 3.63) is 17.5 Å². The number of rotatable bonds is 4. The number of likely N-dealkylation sites (tertiary alicyclic amines) is 1. The van der Waals surface area contributed by atoms with Crippen LogP contribution in [0.1, 0.15) is 17.9 Å². The maximum Gasteiger partial charge on any atom is 0.240 e. The second kappa shape index (κ2) is 6.98. The smallest absolute Gasteiger partial charge is 0.240 e. The van der Waals surface area contributed by atoms with Gasteiger partial charge in [0.05, 0.1) is 17.8 Å². The molecule has 23 heavy (non-hydrogen) atoms. The first-order valence-electron chi connectivity index (χ1n) is 8.23. The van der Waals surface area contributed by atoms with E-state index < -0.39 is 0 Å². The third-order valence-electron chi connectivity index (χ3n) is 4.87. The average Bonchev–Trinajstić information content (AvgIpc) is 3.13. The van der Waals surface area contributed by atoms with E-state index in [1.807, 2.05) is 24.9 Å². The van der Waals surface area contributed by atoms with Crippen LogP contribution in [0.3, 0.4) is 0 Å². The zero-order chi connectivity index (χ0) is 16.4. The van der Waals surface area contributed by atoms with Gasteiger partial charge in [-0.1, -0.05) is 5.16 Å². The molecule has 2 aliphatic rings. The molecule has 0 aromatic carbocycles. The number of piperazine rings is 1. The molecule has 0 radical (unpaired) electrons. The molecule has 2 fully saturated rings. The number of amides is 1. The molecule has 1 aromatic heterocycles. The van der Waals surface area contributed by atoms with Gasteiger partial charge in [0.2, 0.25) is 5.91 Å². The third kappa shape index (κ3) is 3.73. The predicted molar refractivity (Wildman–Crippen MR) is 84.9 cm³/mol. The van der Waals surface area contributed by atoms with E-state index in [4.69, 9.17) is 9.26 Å². The van der Waals surface area contributed by atoms with Crippen molar-refractivity contribution in [1.82, 2.24) is 19.9 Å². The number of nitrogens with zero attached hydrogens (tertiary/aromatic N) is 4. The Morgan fingerprint density at radius 2 is 2.13 bits per heavy atom. The number of ether oxygens (including phenoxy) is 1. The number of aryl methyl sites for hydroxylation is 1. The van der Waals surface area contributed by atoms with Crippen LogP contribution in [-0.2, 0) is 16.1 Å². The Hall–Kier alpha value is -1.44. The van der Waals surface area contributed by atoms with Crippen LogP contribution in [-0.4, -0.2) is 84.8 Å². The van der Waals surface area contributed by atoms with Crippen LogP contribution >= 0.6 is 0 Å². The first-order valence-corrected chi connectivity index (χ1v) is 8.23. The Labute approximate surface area is 137 Å². The zero-order valence-electron chi connectivity index (χ0n) is 14.2. The van der Waals surface area contributed by atoms with Crippen molar-refractivity contribution in [3.8, 4) is 0 Å². The second-order valence-electron chi connectivity index (χ2n) is 6.58. The molecule has 7 nitrogen and oxygen atoms in total. The fourth-order valence-electron chi connectivity index (χ4n) is 3.47. The summed E-state index contributed by atoms with van der Waals surface area (Å²) in [7, 11) is 3.72. The SMILES string of the molecule is CO[C@H]1C[C@@H](C(=O)N2CCN(Cc3cc(C)on3)CC2)N(C)C1. The van der Waals surface area contributed by atoms with E-state index in [2.05, 4.69) is 15.0 Å². The summed E-state index contributed by atoms with van der Waals surface area (Å²) in [6.45, 7) is 6.82. The Morgan fingerprint density at radius 3 is 2.70 bits per heavy atom. The molecule has 2 saturated heterocycles. The zero-order valence-corrected chi connectivity index (χ0v) is 14.2. The van der Waals surface area contributed by atoms with Gasteiger partial charge >= 0.3 is 0 Å². The number of carbonyl (C=O) groups excluding carboxylic acids is 1. The van der Waals surface area contributed by atoms with Crippen LogP contribution in [0.15, 0.2) is 10.6 Å². The molecule has 0 N–H and O–H groups in total. The van der Waals surface area contributed by atoms with Gasteiger partial charge in [0.1, 0.15) is 5.76 Å². The van der Waals surface area contributed by atoms with Gasteiger partial charge in [-0.05, 0) is 20.4 Å². The molecule has 7 heteroatoms. The minimum Gasteiger partial charge on any atom is -0.380 e. The van der Waals surface area contributed by atoms with Gasteiger partial charge in [-0.2, -0.15) is 0 Å². The fourth-order valence-corrected chi connectivity index (χ4v) is 3.47. The standard InChI is InChI=1S/C16H26N4O3/c1-12-8-13(17-23-12)10-19-4-6-20(7-5-19)16(21)15-9-14(22-3)11-18(15)2/h8,14-15H,4-7,9-11H2,1-3H3/t14-,15-/m0/s1. The first-order chi connectivity index (χ1) is 11.1. The Bertz CT molecular complexity index is 539. The number of carbonyl (C=O) groups is 1. The molecule has 2 atom stereocenters. The van der Waals surface area contributed by atoms with Crippen LogP contribution in [0.25, 0.3) is 0 Å². The highest BCUT2D eigenvalue weighted by Crippen LogP contribution is 2.21. The van der Waals surface area contributed by atoms with Crippen LogP contribution in [0, 0.1) is 6.92 Å². The summed E-state index contributed by atoms with van der Waals surface area (Å²) in [5, 5.41) is 4.04. The van der Waals surface area contributed by atoms with Crippen molar-refractivity contribution < 1.29 is 14.1 Å². The highest BCUT2D eigenvalue weighted by atomic mass is 16.5. The monoisotopic (exact) mass is 322 g/mol. The summed E-state index contributed by atoms with van der Waals surface area (Å²) < 4.78 is 10.5. The van der Waals surface area contributed by atoms with E-state index in [0.717, 1.165) is 57.1 Å². The number of hydrogen-bond acceptors (Lipinski definition) is 6. The number of aromatic nitrogens is 1. The quantitative estimate of drug-likeness (QED) is 0.797. The lowest BCUT2D eigenvalue weighted by molar-refractivity contribution is -0.137. The van der Waals surface area contributed by atoms with Crippen LogP contribution in [0.5, 0.6) is 0 Å². The third-order valence-corrected chi connectivity index (χ3v) is 4.87. The number of methoxy groups -OCH3 is 1. The normalized spacial score (nSPS) is 26.8. The summed E-state index contributed by atoms with van der Waals surface area (Å²) in [4.78, 5) is 19.1. The fraction of sp³-hybridized carbons (Fsp3) is 0.750. The van der Waals surface area contributed by atoms with Crippen molar-refractivity contribution in [3.63, 3.8) is 0 Å². The van der Waals surface area contributed by atoms with Crippen molar-refractivity contribution in [1.29, 1.82) is 0 Å². The van der Waals surface area contributed by atoms with E-state index in [-0.39, 0.29) is 18.1 Å². The van der Waals surface area contributed by atoms with Gasteiger partial charge < -0.3 is 14.2 Å². The molecule has 3 rings (SSSR count). The molecule has 2 aliphatic heterocycles. The minimum atomic E-state index is -0.0373. The second-order valence-corrected chi connectivity index (χ2v) is 6.58.